The zero-order valence-corrected chi connectivity index (χ0v) is 17.8. The van der Waals surface area contributed by atoms with Crippen LogP contribution in [0.2, 0.25) is 0 Å². The third-order valence-electron chi connectivity index (χ3n) is 3.65. The van der Waals surface area contributed by atoms with E-state index in [4.69, 9.17) is 5.73 Å². The van der Waals surface area contributed by atoms with Gasteiger partial charge in [0.25, 0.3) is 5.91 Å². The molecule has 142 valence electrons. The minimum atomic E-state index is 0. The summed E-state index contributed by atoms with van der Waals surface area (Å²) < 4.78 is 0. The summed E-state index contributed by atoms with van der Waals surface area (Å²) in [6, 6.07) is 0. The smallest absolute Gasteiger partial charge is 0.273 e. The molecule has 2 N–H and O–H groups in total. The Balaban J connectivity index is 0.00000192. The van der Waals surface area contributed by atoms with Gasteiger partial charge in [-0.1, -0.05) is 0 Å². The molecule has 3 rings (SSSR count). The standard InChI is InChI=1S/C14H19N5OS2.3ClH/c1-10-16-7-11(22-10)8-18-2-4-19(5-3-18)14(20)12-9-21-13(6-15)17-12;;;/h7,9H,2-6,8,15H2,1H3;3*1H. The Bertz CT molecular complexity index is 658. The van der Waals surface area contributed by atoms with E-state index in [1.165, 1.54) is 16.2 Å². The number of rotatable bonds is 4. The average Bonchev–Trinajstić information content (AvgIpc) is 3.16. The van der Waals surface area contributed by atoms with E-state index in [1.54, 1.807) is 16.7 Å². The Morgan fingerprint density at radius 2 is 1.92 bits per heavy atom. The predicted molar refractivity (Wildman–Crippen MR) is 110 cm³/mol. The van der Waals surface area contributed by atoms with Crippen molar-refractivity contribution in [1.29, 1.82) is 0 Å². The van der Waals surface area contributed by atoms with Crippen LogP contribution in [0.3, 0.4) is 0 Å². The van der Waals surface area contributed by atoms with E-state index >= 15 is 0 Å². The molecule has 0 aliphatic carbocycles. The number of halogens is 3. The Morgan fingerprint density at radius 1 is 1.24 bits per heavy atom. The number of thiazole rings is 2. The van der Waals surface area contributed by atoms with E-state index < -0.39 is 0 Å². The number of hydrogen-bond acceptors (Lipinski definition) is 7. The Hall–Kier alpha value is -0.480. The van der Waals surface area contributed by atoms with Crippen molar-refractivity contribution in [2.45, 2.75) is 20.0 Å². The van der Waals surface area contributed by atoms with Crippen LogP contribution < -0.4 is 5.73 Å². The van der Waals surface area contributed by atoms with Crippen molar-refractivity contribution in [3.8, 4) is 0 Å². The minimum absolute atomic E-state index is 0. The van der Waals surface area contributed by atoms with Gasteiger partial charge in [0.05, 0.1) is 5.01 Å². The van der Waals surface area contributed by atoms with E-state index in [0.717, 1.165) is 42.7 Å². The second-order valence-electron chi connectivity index (χ2n) is 5.24. The largest absolute Gasteiger partial charge is 0.335 e. The highest BCUT2D eigenvalue weighted by Gasteiger charge is 2.24. The van der Waals surface area contributed by atoms with Crippen molar-refractivity contribution < 1.29 is 4.79 Å². The summed E-state index contributed by atoms with van der Waals surface area (Å²) in [7, 11) is 0. The van der Waals surface area contributed by atoms with Crippen LogP contribution in [-0.4, -0.2) is 51.9 Å². The molecule has 1 saturated heterocycles. The SMILES string of the molecule is Cc1ncc(CN2CCN(C(=O)c3csc(CN)n3)CC2)s1.Cl.Cl.Cl. The van der Waals surface area contributed by atoms with Gasteiger partial charge in [0.2, 0.25) is 0 Å². The summed E-state index contributed by atoms with van der Waals surface area (Å²) in [4.78, 5) is 26.5. The minimum Gasteiger partial charge on any atom is -0.335 e. The molecule has 3 heterocycles. The van der Waals surface area contributed by atoms with E-state index in [2.05, 4.69) is 14.9 Å². The van der Waals surface area contributed by atoms with Crippen LogP contribution in [0.5, 0.6) is 0 Å². The molecule has 0 aromatic carbocycles. The van der Waals surface area contributed by atoms with Crippen LogP contribution in [0.1, 0.15) is 25.4 Å². The van der Waals surface area contributed by atoms with Crippen LogP contribution in [-0.2, 0) is 13.1 Å². The molecule has 0 unspecified atom stereocenters. The lowest BCUT2D eigenvalue weighted by Crippen LogP contribution is -2.48. The molecule has 2 aromatic heterocycles. The predicted octanol–water partition coefficient (Wildman–Crippen LogP) is 2.59. The van der Waals surface area contributed by atoms with E-state index in [-0.39, 0.29) is 43.1 Å². The van der Waals surface area contributed by atoms with Crippen molar-refractivity contribution in [2.24, 2.45) is 5.73 Å². The van der Waals surface area contributed by atoms with Gasteiger partial charge in [-0.2, -0.15) is 0 Å². The molecule has 25 heavy (non-hydrogen) atoms. The molecule has 0 bridgehead atoms. The third-order valence-corrected chi connectivity index (χ3v) is 5.42. The van der Waals surface area contributed by atoms with Gasteiger partial charge in [0.1, 0.15) is 10.7 Å². The number of nitrogens with two attached hydrogens (primary N) is 1. The van der Waals surface area contributed by atoms with Crippen LogP contribution in [0.4, 0.5) is 0 Å². The van der Waals surface area contributed by atoms with Gasteiger partial charge in [-0.25, -0.2) is 9.97 Å². The van der Waals surface area contributed by atoms with Crippen LogP contribution >= 0.6 is 59.9 Å². The maximum Gasteiger partial charge on any atom is 0.273 e. The number of piperazine rings is 1. The van der Waals surface area contributed by atoms with Crippen molar-refractivity contribution in [3.63, 3.8) is 0 Å². The second-order valence-corrected chi connectivity index (χ2v) is 7.51. The van der Waals surface area contributed by atoms with Gasteiger partial charge >= 0.3 is 0 Å². The highest BCUT2D eigenvalue weighted by molar-refractivity contribution is 7.11. The topological polar surface area (TPSA) is 75.4 Å². The van der Waals surface area contributed by atoms with Crippen molar-refractivity contribution in [2.75, 3.05) is 26.2 Å². The van der Waals surface area contributed by atoms with Crippen LogP contribution in [0.25, 0.3) is 0 Å². The molecule has 2 aromatic rings. The first-order valence-corrected chi connectivity index (χ1v) is 8.92. The quantitative estimate of drug-likeness (QED) is 0.781. The third kappa shape index (κ3) is 6.32. The lowest BCUT2D eigenvalue weighted by Gasteiger charge is -2.34. The number of hydrogen-bond donors (Lipinski definition) is 1. The molecular weight excluding hydrogens is 425 g/mol. The summed E-state index contributed by atoms with van der Waals surface area (Å²) in [6.07, 6.45) is 1.95. The van der Waals surface area contributed by atoms with E-state index in [1.807, 2.05) is 18.0 Å². The molecule has 1 aliphatic rings. The molecule has 1 aliphatic heterocycles. The fourth-order valence-electron chi connectivity index (χ4n) is 2.47. The van der Waals surface area contributed by atoms with Gasteiger partial charge in [-0.05, 0) is 6.92 Å². The van der Waals surface area contributed by atoms with Gasteiger partial charge in [0.15, 0.2) is 0 Å². The molecule has 0 saturated carbocycles. The molecule has 1 amide bonds. The fraction of sp³-hybridized carbons (Fsp3) is 0.500. The van der Waals surface area contributed by atoms with E-state index in [9.17, 15) is 4.79 Å². The molecule has 0 atom stereocenters. The van der Waals surface area contributed by atoms with E-state index in [0.29, 0.717) is 12.2 Å². The zero-order chi connectivity index (χ0) is 15.5. The molecule has 1 fully saturated rings. The number of nitrogens with zero attached hydrogens (tertiary/aromatic N) is 4. The molecule has 0 radical (unpaired) electrons. The average molecular weight is 447 g/mol. The van der Waals surface area contributed by atoms with Gasteiger partial charge in [-0.15, -0.1) is 59.9 Å². The molecule has 0 spiro atoms. The van der Waals surface area contributed by atoms with Gasteiger partial charge in [-0.3, -0.25) is 9.69 Å². The first-order valence-electron chi connectivity index (χ1n) is 7.23. The normalized spacial score (nSPS) is 14.2. The van der Waals surface area contributed by atoms with Crippen LogP contribution in [0, 0.1) is 6.92 Å². The first-order chi connectivity index (χ1) is 10.7. The maximum atomic E-state index is 12.4. The highest BCUT2D eigenvalue weighted by atomic mass is 35.5. The zero-order valence-electron chi connectivity index (χ0n) is 13.7. The summed E-state index contributed by atoms with van der Waals surface area (Å²) in [5, 5.41) is 3.71. The molecule has 6 nitrogen and oxygen atoms in total. The van der Waals surface area contributed by atoms with Crippen molar-refractivity contribution in [1.82, 2.24) is 19.8 Å². The number of carbonyl (C=O) groups is 1. The monoisotopic (exact) mass is 445 g/mol. The number of amides is 1. The number of aromatic nitrogens is 2. The Kier molecular flexibility index (Phi) is 11.1. The fourth-order valence-corrected chi connectivity index (χ4v) is 3.96. The summed E-state index contributed by atoms with van der Waals surface area (Å²) in [5.74, 6) is 0.0178. The summed E-state index contributed by atoms with van der Waals surface area (Å²) in [6.45, 7) is 6.58. The summed E-state index contributed by atoms with van der Waals surface area (Å²) >= 11 is 3.18. The number of aryl methyl sites for hydroxylation is 1. The number of carbonyl (C=O) groups excluding carboxylic acids is 1. The summed E-state index contributed by atoms with van der Waals surface area (Å²) in [5.41, 5.74) is 6.07. The lowest BCUT2D eigenvalue weighted by atomic mass is 10.3. The van der Waals surface area contributed by atoms with Gasteiger partial charge in [0, 0.05) is 55.7 Å². The lowest BCUT2D eigenvalue weighted by molar-refractivity contribution is 0.0624. The van der Waals surface area contributed by atoms with Crippen molar-refractivity contribution >= 4 is 65.8 Å². The Labute approximate surface area is 174 Å². The maximum absolute atomic E-state index is 12.4. The Morgan fingerprint density at radius 3 is 2.44 bits per heavy atom. The first kappa shape index (κ1) is 24.5. The van der Waals surface area contributed by atoms with Crippen LogP contribution in [0.15, 0.2) is 11.6 Å². The van der Waals surface area contributed by atoms with Gasteiger partial charge < -0.3 is 10.6 Å². The highest BCUT2D eigenvalue weighted by Crippen LogP contribution is 2.17. The second kappa shape index (κ2) is 11.3. The van der Waals surface area contributed by atoms with Crippen molar-refractivity contribution in [3.05, 3.63) is 32.2 Å². The molecule has 11 heteroatoms. The molecular formula is C14H22Cl3N5OS2.